The fraction of sp³-hybridized carbons (Fsp3) is 0.400. The van der Waals surface area contributed by atoms with E-state index >= 15 is 0 Å². The van der Waals surface area contributed by atoms with E-state index in [4.69, 9.17) is 4.42 Å². The third-order valence-electron chi connectivity index (χ3n) is 3.14. The minimum absolute atomic E-state index is 0.221. The lowest BCUT2D eigenvalue weighted by Crippen LogP contribution is -2.40. The van der Waals surface area contributed by atoms with E-state index in [0.717, 1.165) is 11.8 Å². The van der Waals surface area contributed by atoms with Crippen molar-refractivity contribution in [3.63, 3.8) is 0 Å². The summed E-state index contributed by atoms with van der Waals surface area (Å²) < 4.78 is 5.33. The van der Waals surface area contributed by atoms with E-state index in [9.17, 15) is 9.90 Å². The third-order valence-corrected chi connectivity index (χ3v) is 3.14. The van der Waals surface area contributed by atoms with Crippen molar-refractivity contribution in [2.75, 3.05) is 6.54 Å². The molecule has 1 aromatic heterocycles. The minimum atomic E-state index is -0.871. The fourth-order valence-electron chi connectivity index (χ4n) is 2.15. The molecule has 1 aromatic carbocycles. The number of aliphatic hydroxyl groups is 1. The van der Waals surface area contributed by atoms with E-state index in [2.05, 4.69) is 5.32 Å². The lowest BCUT2D eigenvalue weighted by atomic mass is 10.0. The molecule has 102 valence electrons. The Kier molecular flexibility index (Phi) is 3.90. The number of para-hydroxylation sites is 1. The van der Waals surface area contributed by atoms with Gasteiger partial charge in [-0.15, -0.1) is 0 Å². The molecule has 2 aromatic rings. The highest BCUT2D eigenvalue weighted by Crippen LogP contribution is 2.20. The molecule has 0 aliphatic heterocycles. The van der Waals surface area contributed by atoms with Crippen LogP contribution >= 0.6 is 0 Å². The van der Waals surface area contributed by atoms with Crippen LogP contribution < -0.4 is 5.32 Å². The van der Waals surface area contributed by atoms with Gasteiger partial charge in [0.15, 0.2) is 0 Å². The van der Waals surface area contributed by atoms with Gasteiger partial charge in [0.25, 0.3) is 5.91 Å². The van der Waals surface area contributed by atoms with Gasteiger partial charge in [-0.25, -0.2) is 0 Å². The van der Waals surface area contributed by atoms with E-state index in [0.29, 0.717) is 17.6 Å². The summed E-state index contributed by atoms with van der Waals surface area (Å²) in [6, 6.07) is 7.39. The Labute approximate surface area is 112 Å². The number of furan rings is 1. The lowest BCUT2D eigenvalue weighted by molar-refractivity contribution is 0.0470. The number of amides is 1. The first kappa shape index (κ1) is 13.6. The average Bonchev–Trinajstić information content (AvgIpc) is 2.80. The molecule has 4 heteroatoms. The van der Waals surface area contributed by atoms with E-state index in [1.807, 2.05) is 31.2 Å². The number of hydrogen-bond donors (Lipinski definition) is 2. The lowest BCUT2D eigenvalue weighted by Gasteiger charge is -2.22. The van der Waals surface area contributed by atoms with E-state index in [1.54, 1.807) is 6.92 Å². The zero-order chi connectivity index (χ0) is 13.9. The Bertz CT molecular complexity index is 572. The molecule has 0 aliphatic carbocycles. The van der Waals surface area contributed by atoms with Crippen LogP contribution in [0.4, 0.5) is 0 Å². The zero-order valence-corrected chi connectivity index (χ0v) is 11.3. The minimum Gasteiger partial charge on any atom is -0.463 e. The molecule has 0 saturated carbocycles. The van der Waals surface area contributed by atoms with Gasteiger partial charge < -0.3 is 14.8 Å². The molecule has 0 spiro atoms. The average molecular weight is 261 g/mol. The highest BCUT2D eigenvalue weighted by molar-refractivity contribution is 6.05. The van der Waals surface area contributed by atoms with Gasteiger partial charge in [-0.3, -0.25) is 4.79 Å². The van der Waals surface area contributed by atoms with Crippen LogP contribution in [0.2, 0.25) is 0 Å². The van der Waals surface area contributed by atoms with Gasteiger partial charge in [-0.2, -0.15) is 0 Å². The van der Waals surface area contributed by atoms with Crippen LogP contribution in [0.1, 0.15) is 37.0 Å². The van der Waals surface area contributed by atoms with Crippen LogP contribution in [0.3, 0.4) is 0 Å². The molecule has 0 bridgehead atoms. The maximum absolute atomic E-state index is 12.1. The molecule has 0 aliphatic rings. The summed E-state index contributed by atoms with van der Waals surface area (Å²) in [6.45, 7) is 3.96. The fourth-order valence-corrected chi connectivity index (χ4v) is 2.15. The Hall–Kier alpha value is -1.81. The van der Waals surface area contributed by atoms with Crippen LogP contribution in [0, 0.1) is 0 Å². The van der Waals surface area contributed by atoms with Crippen molar-refractivity contribution in [2.24, 2.45) is 0 Å². The summed E-state index contributed by atoms with van der Waals surface area (Å²) in [5, 5.41) is 13.6. The molecule has 0 saturated heterocycles. The second-order valence-corrected chi connectivity index (χ2v) is 5.08. The van der Waals surface area contributed by atoms with Crippen molar-refractivity contribution in [3.05, 3.63) is 36.1 Å². The first-order chi connectivity index (χ1) is 9.03. The van der Waals surface area contributed by atoms with Crippen LogP contribution in [0.25, 0.3) is 11.0 Å². The predicted molar refractivity (Wildman–Crippen MR) is 74.1 cm³/mol. The van der Waals surface area contributed by atoms with Crippen LogP contribution in [0.15, 0.2) is 34.9 Å². The quantitative estimate of drug-likeness (QED) is 0.869. The maximum Gasteiger partial charge on any atom is 0.255 e. The van der Waals surface area contributed by atoms with Crippen LogP contribution in [-0.2, 0) is 0 Å². The molecule has 4 nitrogen and oxygen atoms in total. The van der Waals surface area contributed by atoms with Gasteiger partial charge in [0.2, 0.25) is 0 Å². The van der Waals surface area contributed by atoms with E-state index < -0.39 is 5.60 Å². The first-order valence-electron chi connectivity index (χ1n) is 6.50. The molecule has 2 N–H and O–H groups in total. The van der Waals surface area contributed by atoms with Crippen LogP contribution in [-0.4, -0.2) is 23.2 Å². The Morgan fingerprint density at radius 2 is 2.16 bits per heavy atom. The van der Waals surface area contributed by atoms with Crippen LogP contribution in [0.5, 0.6) is 0 Å². The smallest absolute Gasteiger partial charge is 0.255 e. The second-order valence-electron chi connectivity index (χ2n) is 5.08. The maximum atomic E-state index is 12.1. The molecule has 1 heterocycles. The molecule has 19 heavy (non-hydrogen) atoms. The molecule has 2 rings (SSSR count). The summed E-state index contributed by atoms with van der Waals surface area (Å²) in [7, 11) is 0. The molecule has 1 amide bonds. The Balaban J connectivity index is 2.08. The summed E-state index contributed by atoms with van der Waals surface area (Å²) in [6.07, 6.45) is 2.98. The van der Waals surface area contributed by atoms with Crippen molar-refractivity contribution in [1.29, 1.82) is 0 Å². The third kappa shape index (κ3) is 3.15. The second kappa shape index (κ2) is 5.45. The number of rotatable bonds is 5. The molecule has 1 unspecified atom stereocenters. The van der Waals surface area contributed by atoms with Gasteiger partial charge in [-0.1, -0.05) is 31.5 Å². The molecular weight excluding hydrogens is 242 g/mol. The number of carbonyl (C=O) groups is 1. The highest BCUT2D eigenvalue weighted by atomic mass is 16.3. The molecular formula is C15H19NO3. The Morgan fingerprint density at radius 1 is 1.42 bits per heavy atom. The standard InChI is InChI=1S/C15H19NO3/c1-3-8-15(2,18)10-16-14(17)12-9-19-13-7-5-4-6-11(12)13/h4-7,9,18H,3,8,10H2,1-2H3,(H,16,17). The number of fused-ring (bicyclic) bond motifs is 1. The van der Waals surface area contributed by atoms with Gasteiger partial charge in [0.05, 0.1) is 11.2 Å². The number of nitrogens with one attached hydrogen (secondary N) is 1. The number of hydrogen-bond acceptors (Lipinski definition) is 3. The van der Waals surface area contributed by atoms with Gasteiger partial charge in [0, 0.05) is 11.9 Å². The molecule has 0 radical (unpaired) electrons. The van der Waals surface area contributed by atoms with E-state index in [1.165, 1.54) is 6.26 Å². The summed E-state index contributed by atoms with van der Waals surface area (Å²) in [5.41, 5.74) is 0.320. The SMILES string of the molecule is CCCC(C)(O)CNC(=O)c1coc2ccccc12. The largest absolute Gasteiger partial charge is 0.463 e. The summed E-state index contributed by atoms with van der Waals surface area (Å²) in [4.78, 5) is 12.1. The van der Waals surface area contributed by atoms with E-state index in [-0.39, 0.29) is 12.5 Å². The first-order valence-corrected chi connectivity index (χ1v) is 6.50. The van der Waals surface area contributed by atoms with Crippen molar-refractivity contribution >= 4 is 16.9 Å². The molecule has 1 atom stereocenters. The number of benzene rings is 1. The number of carbonyl (C=O) groups excluding carboxylic acids is 1. The highest BCUT2D eigenvalue weighted by Gasteiger charge is 2.21. The van der Waals surface area contributed by atoms with Crippen molar-refractivity contribution in [1.82, 2.24) is 5.32 Å². The van der Waals surface area contributed by atoms with Gasteiger partial charge in [0.1, 0.15) is 11.8 Å². The summed E-state index contributed by atoms with van der Waals surface area (Å²) in [5.74, 6) is -0.221. The van der Waals surface area contributed by atoms with Crippen molar-refractivity contribution in [3.8, 4) is 0 Å². The Morgan fingerprint density at radius 3 is 2.89 bits per heavy atom. The topological polar surface area (TPSA) is 62.5 Å². The van der Waals surface area contributed by atoms with Gasteiger partial charge in [-0.05, 0) is 19.4 Å². The monoisotopic (exact) mass is 261 g/mol. The van der Waals surface area contributed by atoms with Crippen molar-refractivity contribution in [2.45, 2.75) is 32.3 Å². The molecule has 0 fully saturated rings. The zero-order valence-electron chi connectivity index (χ0n) is 11.3. The van der Waals surface area contributed by atoms with Gasteiger partial charge >= 0.3 is 0 Å². The van der Waals surface area contributed by atoms with Crippen molar-refractivity contribution < 1.29 is 14.3 Å². The normalized spacial score (nSPS) is 14.3. The predicted octanol–water partition coefficient (Wildman–Crippen LogP) is 2.71. The summed E-state index contributed by atoms with van der Waals surface area (Å²) >= 11 is 0.